The summed E-state index contributed by atoms with van der Waals surface area (Å²) in [6, 6.07) is 0. The van der Waals surface area contributed by atoms with Crippen LogP contribution < -0.4 is 5.32 Å². The minimum absolute atomic E-state index is 0.736. The molecule has 1 aliphatic rings. The van der Waals surface area contributed by atoms with Crippen molar-refractivity contribution in [2.24, 2.45) is 5.92 Å². The van der Waals surface area contributed by atoms with Gasteiger partial charge >= 0.3 is 0 Å². The number of hydrogen-bond acceptors (Lipinski definition) is 3. The van der Waals surface area contributed by atoms with Gasteiger partial charge in [-0.15, -0.1) is 0 Å². The predicted octanol–water partition coefficient (Wildman–Crippen LogP) is 1.43. The van der Waals surface area contributed by atoms with Crippen LogP contribution in [-0.2, 0) is 9.47 Å². The van der Waals surface area contributed by atoms with E-state index >= 15 is 0 Å². The van der Waals surface area contributed by atoms with Gasteiger partial charge in [-0.2, -0.15) is 0 Å². The number of nitrogens with one attached hydrogen (secondary N) is 1. The normalized spacial score (nSPS) is 22.5. The summed E-state index contributed by atoms with van der Waals surface area (Å²) in [4.78, 5) is 0. The second kappa shape index (κ2) is 8.21. The van der Waals surface area contributed by atoms with Crippen molar-refractivity contribution in [1.82, 2.24) is 5.32 Å². The third-order valence-corrected chi connectivity index (χ3v) is 2.65. The van der Waals surface area contributed by atoms with Crippen LogP contribution in [0.4, 0.5) is 0 Å². The summed E-state index contributed by atoms with van der Waals surface area (Å²) >= 11 is 0. The highest BCUT2D eigenvalue weighted by Crippen LogP contribution is 2.13. The van der Waals surface area contributed by atoms with E-state index in [0.717, 1.165) is 32.3 Å². The molecule has 3 heteroatoms. The minimum atomic E-state index is 0.736. The summed E-state index contributed by atoms with van der Waals surface area (Å²) in [6.07, 6.45) is 3.88. The molecule has 0 aromatic carbocycles. The topological polar surface area (TPSA) is 30.5 Å². The second-order valence-corrected chi connectivity index (χ2v) is 3.81. The summed E-state index contributed by atoms with van der Waals surface area (Å²) in [5.41, 5.74) is 0. The van der Waals surface area contributed by atoms with Gasteiger partial charge in [0, 0.05) is 13.2 Å². The first-order chi connectivity index (χ1) is 6.93. The summed E-state index contributed by atoms with van der Waals surface area (Å²) in [5.74, 6) is 0.829. The molecule has 1 aliphatic heterocycles. The zero-order valence-corrected chi connectivity index (χ0v) is 9.26. The van der Waals surface area contributed by atoms with Crippen molar-refractivity contribution in [3.05, 3.63) is 0 Å². The molecule has 1 heterocycles. The van der Waals surface area contributed by atoms with Crippen LogP contribution in [0.1, 0.15) is 26.2 Å². The maximum Gasteiger partial charge on any atom is 0.0700 e. The van der Waals surface area contributed by atoms with Crippen LogP contribution in [-0.4, -0.2) is 39.5 Å². The number of rotatable bonds is 7. The number of hydrogen-bond donors (Lipinski definition) is 1. The Morgan fingerprint density at radius 3 is 2.79 bits per heavy atom. The second-order valence-electron chi connectivity index (χ2n) is 3.81. The van der Waals surface area contributed by atoms with Gasteiger partial charge in [0.15, 0.2) is 0 Å². The first-order valence-electron chi connectivity index (χ1n) is 5.79. The lowest BCUT2D eigenvalue weighted by Crippen LogP contribution is -2.30. The lowest BCUT2D eigenvalue weighted by molar-refractivity contribution is 0.0463. The molecule has 0 unspecified atom stereocenters. The molecule has 1 saturated heterocycles. The van der Waals surface area contributed by atoms with Crippen molar-refractivity contribution >= 4 is 0 Å². The van der Waals surface area contributed by atoms with Crippen LogP contribution in [0.2, 0.25) is 0 Å². The molecule has 0 aromatic rings. The van der Waals surface area contributed by atoms with Crippen molar-refractivity contribution < 1.29 is 9.47 Å². The quantitative estimate of drug-likeness (QED) is 0.632. The molecule has 1 rings (SSSR count). The SMILES string of the molecule is CCOCCOCC[C@H]1CCCNC1. The molecule has 1 fully saturated rings. The van der Waals surface area contributed by atoms with Crippen molar-refractivity contribution in [3.63, 3.8) is 0 Å². The molecule has 0 aliphatic carbocycles. The van der Waals surface area contributed by atoms with Crippen LogP contribution in [0.15, 0.2) is 0 Å². The standard InChI is InChI=1S/C11H23NO2/c1-2-13-8-9-14-7-5-11-4-3-6-12-10-11/h11-12H,2-10H2,1H3/t11-/m1/s1. The molecule has 0 amide bonds. The molecular formula is C11H23NO2. The highest BCUT2D eigenvalue weighted by Gasteiger charge is 2.11. The first kappa shape index (κ1) is 12.0. The first-order valence-corrected chi connectivity index (χ1v) is 5.79. The van der Waals surface area contributed by atoms with Crippen LogP contribution in [0, 0.1) is 5.92 Å². The van der Waals surface area contributed by atoms with Gasteiger partial charge in [-0.3, -0.25) is 0 Å². The van der Waals surface area contributed by atoms with Gasteiger partial charge in [0.1, 0.15) is 0 Å². The van der Waals surface area contributed by atoms with Crippen molar-refractivity contribution in [1.29, 1.82) is 0 Å². The molecular weight excluding hydrogens is 178 g/mol. The maximum atomic E-state index is 5.49. The Hall–Kier alpha value is -0.120. The Morgan fingerprint density at radius 1 is 1.21 bits per heavy atom. The highest BCUT2D eigenvalue weighted by molar-refractivity contribution is 4.68. The molecule has 1 N–H and O–H groups in total. The molecule has 0 spiro atoms. The van der Waals surface area contributed by atoms with Gasteiger partial charge in [-0.05, 0) is 45.2 Å². The van der Waals surface area contributed by atoms with Crippen LogP contribution in [0.25, 0.3) is 0 Å². The molecule has 0 radical (unpaired) electrons. The van der Waals surface area contributed by atoms with Crippen LogP contribution in [0.3, 0.4) is 0 Å². The van der Waals surface area contributed by atoms with E-state index in [1.54, 1.807) is 0 Å². The van der Waals surface area contributed by atoms with Gasteiger partial charge in [-0.25, -0.2) is 0 Å². The third-order valence-electron chi connectivity index (χ3n) is 2.65. The van der Waals surface area contributed by atoms with Crippen molar-refractivity contribution in [3.8, 4) is 0 Å². The number of piperidine rings is 1. The monoisotopic (exact) mass is 201 g/mol. The molecule has 0 bridgehead atoms. The molecule has 1 atom stereocenters. The molecule has 84 valence electrons. The Kier molecular flexibility index (Phi) is 7.01. The van der Waals surface area contributed by atoms with Crippen molar-refractivity contribution in [2.45, 2.75) is 26.2 Å². The molecule has 0 saturated carbocycles. The van der Waals surface area contributed by atoms with E-state index in [-0.39, 0.29) is 0 Å². The molecule has 3 nitrogen and oxygen atoms in total. The Bertz CT molecular complexity index is 124. The fourth-order valence-electron chi connectivity index (χ4n) is 1.78. The van der Waals surface area contributed by atoms with Gasteiger partial charge in [0.05, 0.1) is 13.2 Å². The molecule has 14 heavy (non-hydrogen) atoms. The lowest BCUT2D eigenvalue weighted by atomic mass is 9.97. The van der Waals surface area contributed by atoms with E-state index < -0.39 is 0 Å². The summed E-state index contributed by atoms with van der Waals surface area (Å²) in [5, 5.41) is 3.42. The summed E-state index contributed by atoms with van der Waals surface area (Å²) < 4.78 is 10.7. The largest absolute Gasteiger partial charge is 0.379 e. The van der Waals surface area contributed by atoms with Crippen molar-refractivity contribution in [2.75, 3.05) is 39.5 Å². The van der Waals surface area contributed by atoms with E-state index in [0.29, 0.717) is 0 Å². The average molecular weight is 201 g/mol. The Balaban J connectivity index is 1.82. The Morgan fingerprint density at radius 2 is 2.07 bits per heavy atom. The van der Waals surface area contributed by atoms with Gasteiger partial charge in [0.25, 0.3) is 0 Å². The van der Waals surface area contributed by atoms with E-state index in [1.807, 2.05) is 6.92 Å². The van der Waals surface area contributed by atoms with E-state index in [2.05, 4.69) is 5.32 Å². The zero-order valence-electron chi connectivity index (χ0n) is 9.26. The van der Waals surface area contributed by atoms with Gasteiger partial charge in [0.2, 0.25) is 0 Å². The minimum Gasteiger partial charge on any atom is -0.379 e. The third kappa shape index (κ3) is 5.58. The zero-order chi connectivity index (χ0) is 10.1. The molecule has 0 aromatic heterocycles. The predicted molar refractivity (Wildman–Crippen MR) is 57.5 cm³/mol. The van der Waals surface area contributed by atoms with Gasteiger partial charge in [-0.1, -0.05) is 0 Å². The van der Waals surface area contributed by atoms with Crippen LogP contribution in [0.5, 0.6) is 0 Å². The summed E-state index contributed by atoms with van der Waals surface area (Å²) in [6.45, 7) is 7.53. The average Bonchev–Trinajstić information content (AvgIpc) is 2.25. The summed E-state index contributed by atoms with van der Waals surface area (Å²) in [7, 11) is 0. The fraction of sp³-hybridized carbons (Fsp3) is 1.00. The lowest BCUT2D eigenvalue weighted by Gasteiger charge is -2.22. The van der Waals surface area contributed by atoms with E-state index in [1.165, 1.54) is 32.4 Å². The smallest absolute Gasteiger partial charge is 0.0700 e. The van der Waals surface area contributed by atoms with E-state index in [4.69, 9.17) is 9.47 Å². The highest BCUT2D eigenvalue weighted by atomic mass is 16.5. The van der Waals surface area contributed by atoms with Crippen LogP contribution >= 0.6 is 0 Å². The van der Waals surface area contributed by atoms with Gasteiger partial charge < -0.3 is 14.8 Å². The van der Waals surface area contributed by atoms with E-state index in [9.17, 15) is 0 Å². The number of ether oxygens (including phenoxy) is 2. The fourth-order valence-corrected chi connectivity index (χ4v) is 1.78. The Labute approximate surface area is 87.2 Å². The maximum absolute atomic E-state index is 5.49.